The van der Waals surface area contributed by atoms with E-state index in [0.29, 0.717) is 11.7 Å². The first-order chi connectivity index (χ1) is 8.11. The predicted octanol–water partition coefficient (Wildman–Crippen LogP) is 4.49. The third-order valence-corrected chi connectivity index (χ3v) is 3.10. The van der Waals surface area contributed by atoms with Crippen molar-refractivity contribution >= 4 is 0 Å². The fraction of sp³-hybridized carbons (Fsp3) is 0.250. The van der Waals surface area contributed by atoms with Crippen LogP contribution in [0.15, 0.2) is 42.5 Å². The van der Waals surface area contributed by atoms with E-state index in [0.717, 1.165) is 22.3 Å². The number of hydrogen-bond donors (Lipinski definition) is 1. The zero-order chi connectivity index (χ0) is 12.4. The first-order valence-electron chi connectivity index (χ1n) is 5.99. The van der Waals surface area contributed by atoms with Crippen LogP contribution in [0.3, 0.4) is 0 Å². The molecular weight excluding hydrogens is 208 g/mol. The molecule has 1 nitrogen and oxygen atoms in total. The molecule has 0 aliphatic heterocycles. The number of benzene rings is 2. The first-order valence-corrected chi connectivity index (χ1v) is 5.99. The third kappa shape index (κ3) is 2.19. The molecule has 17 heavy (non-hydrogen) atoms. The molecule has 0 radical (unpaired) electrons. The van der Waals surface area contributed by atoms with Gasteiger partial charge < -0.3 is 5.11 Å². The van der Waals surface area contributed by atoms with Crippen molar-refractivity contribution in [3.63, 3.8) is 0 Å². The molecule has 2 aromatic rings. The molecule has 0 spiro atoms. The Morgan fingerprint density at radius 2 is 1.59 bits per heavy atom. The molecule has 2 aromatic carbocycles. The summed E-state index contributed by atoms with van der Waals surface area (Å²) in [7, 11) is 0. The lowest BCUT2D eigenvalue weighted by atomic mass is 9.92. The van der Waals surface area contributed by atoms with E-state index in [2.05, 4.69) is 19.9 Å². The van der Waals surface area contributed by atoms with Crippen LogP contribution in [0.4, 0.5) is 0 Å². The SMILES string of the molecule is Cc1ccc(C(C)C)c(O)c1-c1ccccc1. The standard InChI is InChI=1S/C16H18O/c1-11(2)14-10-9-12(3)15(16(14)17)13-7-5-4-6-8-13/h4-11,17H,1-3H3. The minimum atomic E-state index is 0.332. The van der Waals surface area contributed by atoms with Crippen molar-refractivity contribution in [2.24, 2.45) is 0 Å². The van der Waals surface area contributed by atoms with Crippen LogP contribution in [0.5, 0.6) is 5.75 Å². The fourth-order valence-corrected chi connectivity index (χ4v) is 2.14. The molecule has 0 saturated heterocycles. The Hall–Kier alpha value is -1.76. The van der Waals surface area contributed by atoms with Crippen molar-refractivity contribution in [1.29, 1.82) is 0 Å². The van der Waals surface area contributed by atoms with Gasteiger partial charge in [0.05, 0.1) is 0 Å². The van der Waals surface area contributed by atoms with E-state index in [1.807, 2.05) is 43.3 Å². The Morgan fingerprint density at radius 3 is 2.18 bits per heavy atom. The Balaban J connectivity index is 2.65. The Labute approximate surface area is 103 Å². The molecule has 0 amide bonds. The average Bonchev–Trinajstić information content (AvgIpc) is 2.30. The summed E-state index contributed by atoms with van der Waals surface area (Å²) in [6.45, 7) is 6.23. The van der Waals surface area contributed by atoms with Crippen molar-refractivity contribution in [3.05, 3.63) is 53.6 Å². The number of phenols is 1. The Morgan fingerprint density at radius 1 is 0.941 bits per heavy atom. The lowest BCUT2D eigenvalue weighted by Crippen LogP contribution is -1.93. The summed E-state index contributed by atoms with van der Waals surface area (Å²) in [5.41, 5.74) is 4.15. The smallest absolute Gasteiger partial charge is 0.127 e. The molecule has 0 unspecified atom stereocenters. The number of phenolic OH excluding ortho intramolecular Hbond substituents is 1. The largest absolute Gasteiger partial charge is 0.507 e. The molecule has 0 aliphatic rings. The van der Waals surface area contributed by atoms with Crippen LogP contribution < -0.4 is 0 Å². The second-order valence-electron chi connectivity index (χ2n) is 4.72. The van der Waals surface area contributed by atoms with Crippen LogP contribution in [0.25, 0.3) is 11.1 Å². The minimum Gasteiger partial charge on any atom is -0.507 e. The Bertz CT molecular complexity index is 513. The molecule has 2 rings (SSSR count). The lowest BCUT2D eigenvalue weighted by molar-refractivity contribution is 0.466. The van der Waals surface area contributed by atoms with Crippen LogP contribution in [0.2, 0.25) is 0 Å². The van der Waals surface area contributed by atoms with Crippen molar-refractivity contribution in [1.82, 2.24) is 0 Å². The van der Waals surface area contributed by atoms with Crippen LogP contribution >= 0.6 is 0 Å². The number of rotatable bonds is 2. The highest BCUT2D eigenvalue weighted by Crippen LogP contribution is 2.38. The second kappa shape index (κ2) is 4.62. The van der Waals surface area contributed by atoms with Crippen LogP contribution in [0, 0.1) is 6.92 Å². The number of hydrogen-bond acceptors (Lipinski definition) is 1. The van der Waals surface area contributed by atoms with Gasteiger partial charge in [-0.1, -0.05) is 56.3 Å². The van der Waals surface area contributed by atoms with Gasteiger partial charge >= 0.3 is 0 Å². The van der Waals surface area contributed by atoms with Crippen molar-refractivity contribution in [3.8, 4) is 16.9 Å². The van der Waals surface area contributed by atoms with Gasteiger partial charge in [0.2, 0.25) is 0 Å². The van der Waals surface area contributed by atoms with E-state index >= 15 is 0 Å². The van der Waals surface area contributed by atoms with Gasteiger partial charge in [-0.3, -0.25) is 0 Å². The highest BCUT2D eigenvalue weighted by atomic mass is 16.3. The molecule has 0 saturated carbocycles. The van der Waals surface area contributed by atoms with Crippen molar-refractivity contribution in [2.75, 3.05) is 0 Å². The van der Waals surface area contributed by atoms with Crippen LogP contribution in [-0.4, -0.2) is 5.11 Å². The van der Waals surface area contributed by atoms with E-state index in [4.69, 9.17) is 0 Å². The summed E-state index contributed by atoms with van der Waals surface area (Å²) in [4.78, 5) is 0. The van der Waals surface area contributed by atoms with Gasteiger partial charge in [-0.05, 0) is 29.5 Å². The van der Waals surface area contributed by atoms with Gasteiger partial charge in [0.15, 0.2) is 0 Å². The molecule has 0 atom stereocenters. The van der Waals surface area contributed by atoms with Crippen LogP contribution in [-0.2, 0) is 0 Å². The average molecular weight is 226 g/mol. The number of aromatic hydroxyl groups is 1. The molecule has 1 N–H and O–H groups in total. The lowest BCUT2D eigenvalue weighted by Gasteiger charge is -2.15. The molecular formula is C16H18O. The number of aryl methyl sites for hydroxylation is 1. The van der Waals surface area contributed by atoms with Gasteiger partial charge in [-0.25, -0.2) is 0 Å². The highest BCUT2D eigenvalue weighted by Gasteiger charge is 2.13. The van der Waals surface area contributed by atoms with Crippen molar-refractivity contribution < 1.29 is 5.11 Å². The minimum absolute atomic E-state index is 0.332. The third-order valence-electron chi connectivity index (χ3n) is 3.10. The second-order valence-corrected chi connectivity index (χ2v) is 4.72. The van der Waals surface area contributed by atoms with E-state index in [1.54, 1.807) is 0 Å². The Kier molecular flexibility index (Phi) is 3.19. The summed E-state index contributed by atoms with van der Waals surface area (Å²) >= 11 is 0. The highest BCUT2D eigenvalue weighted by molar-refractivity contribution is 5.75. The zero-order valence-electron chi connectivity index (χ0n) is 10.6. The maximum absolute atomic E-state index is 10.4. The van der Waals surface area contributed by atoms with E-state index in [1.165, 1.54) is 0 Å². The summed E-state index contributed by atoms with van der Waals surface area (Å²) in [6, 6.07) is 14.1. The van der Waals surface area contributed by atoms with Gasteiger partial charge in [-0.15, -0.1) is 0 Å². The normalized spacial score (nSPS) is 10.8. The topological polar surface area (TPSA) is 20.2 Å². The predicted molar refractivity (Wildman–Crippen MR) is 72.4 cm³/mol. The van der Waals surface area contributed by atoms with Crippen LogP contribution in [0.1, 0.15) is 30.9 Å². The summed E-state index contributed by atoms with van der Waals surface area (Å²) in [6.07, 6.45) is 0. The summed E-state index contributed by atoms with van der Waals surface area (Å²) in [5.74, 6) is 0.754. The molecule has 0 aromatic heterocycles. The van der Waals surface area contributed by atoms with Gasteiger partial charge in [-0.2, -0.15) is 0 Å². The van der Waals surface area contributed by atoms with E-state index in [-0.39, 0.29) is 0 Å². The molecule has 0 aliphatic carbocycles. The maximum Gasteiger partial charge on any atom is 0.127 e. The van der Waals surface area contributed by atoms with E-state index in [9.17, 15) is 5.11 Å². The van der Waals surface area contributed by atoms with Gasteiger partial charge in [0, 0.05) is 5.56 Å². The summed E-state index contributed by atoms with van der Waals surface area (Å²) < 4.78 is 0. The summed E-state index contributed by atoms with van der Waals surface area (Å²) in [5, 5.41) is 10.4. The fourth-order valence-electron chi connectivity index (χ4n) is 2.14. The molecule has 0 bridgehead atoms. The quantitative estimate of drug-likeness (QED) is 0.799. The van der Waals surface area contributed by atoms with Gasteiger partial charge in [0.1, 0.15) is 5.75 Å². The molecule has 88 valence electrons. The molecule has 0 fully saturated rings. The van der Waals surface area contributed by atoms with Crippen molar-refractivity contribution in [2.45, 2.75) is 26.7 Å². The zero-order valence-corrected chi connectivity index (χ0v) is 10.6. The van der Waals surface area contributed by atoms with Gasteiger partial charge in [0.25, 0.3) is 0 Å². The monoisotopic (exact) mass is 226 g/mol. The first kappa shape index (κ1) is 11.7. The molecule has 1 heteroatoms. The molecule has 0 heterocycles. The maximum atomic E-state index is 10.4. The van der Waals surface area contributed by atoms with E-state index < -0.39 is 0 Å².